The molecule has 1 aliphatic carbocycles. The molecule has 8 heteroatoms. The molecule has 0 radical (unpaired) electrons. The number of nitrogens with one attached hydrogen (secondary N) is 1. The second-order valence-electron chi connectivity index (χ2n) is 8.01. The third kappa shape index (κ3) is 4.68. The highest BCUT2D eigenvalue weighted by Crippen LogP contribution is 2.39. The van der Waals surface area contributed by atoms with Crippen LogP contribution in [-0.4, -0.2) is 40.3 Å². The zero-order chi connectivity index (χ0) is 21.2. The van der Waals surface area contributed by atoms with E-state index in [2.05, 4.69) is 15.5 Å². The largest absolute Gasteiger partial charge is 0.489 e. The number of ether oxygens (including phenoxy) is 1. The molecule has 1 aliphatic heterocycles. The number of carbonyl (C=O) groups excluding carboxylic acids is 1. The average Bonchev–Trinajstić information content (AvgIpc) is 3.33. The van der Waals surface area contributed by atoms with Crippen LogP contribution in [0, 0.1) is 5.82 Å². The van der Waals surface area contributed by atoms with Gasteiger partial charge in [-0.05, 0) is 54.8 Å². The first-order valence-electron chi connectivity index (χ1n) is 10.5. The molecule has 0 spiro atoms. The fourth-order valence-corrected chi connectivity index (χ4v) is 3.62. The van der Waals surface area contributed by atoms with Crippen LogP contribution in [0.2, 0.25) is 0 Å². The maximum absolute atomic E-state index is 13.0. The van der Waals surface area contributed by atoms with Crippen LogP contribution >= 0.6 is 0 Å². The maximum Gasteiger partial charge on any atom is 0.317 e. The number of likely N-dealkylation sites (tertiary alicyclic amines) is 1. The van der Waals surface area contributed by atoms with Crippen molar-refractivity contribution in [3.05, 3.63) is 65.8 Å². The predicted octanol–water partition coefficient (Wildman–Crippen LogP) is 4.12. The maximum atomic E-state index is 13.0. The molecule has 2 aromatic carbocycles. The van der Waals surface area contributed by atoms with E-state index in [1.165, 1.54) is 12.1 Å². The average molecular weight is 422 g/mol. The molecule has 1 unspecified atom stereocenters. The summed E-state index contributed by atoms with van der Waals surface area (Å²) in [5.41, 5.74) is 1.74. The van der Waals surface area contributed by atoms with Crippen LogP contribution in [0.1, 0.15) is 36.6 Å². The number of carbonyl (C=O) groups is 1. The van der Waals surface area contributed by atoms with Gasteiger partial charge in [0.25, 0.3) is 0 Å². The molecule has 1 aromatic heterocycles. The van der Waals surface area contributed by atoms with Gasteiger partial charge in [-0.25, -0.2) is 9.18 Å². The van der Waals surface area contributed by atoms with Gasteiger partial charge in [0, 0.05) is 31.0 Å². The summed E-state index contributed by atoms with van der Waals surface area (Å²) >= 11 is 0. The van der Waals surface area contributed by atoms with Crippen molar-refractivity contribution in [3.8, 4) is 17.1 Å². The van der Waals surface area contributed by atoms with E-state index in [-0.39, 0.29) is 18.0 Å². The summed E-state index contributed by atoms with van der Waals surface area (Å²) in [6.07, 6.45) is 2.95. The van der Waals surface area contributed by atoms with E-state index in [1.807, 2.05) is 24.3 Å². The van der Waals surface area contributed by atoms with Crippen molar-refractivity contribution < 1.29 is 18.4 Å². The lowest BCUT2D eigenvalue weighted by molar-refractivity contribution is 0.186. The monoisotopic (exact) mass is 422 g/mol. The molecule has 7 nitrogen and oxygen atoms in total. The summed E-state index contributed by atoms with van der Waals surface area (Å²) in [4.78, 5) is 18.6. The number of halogens is 1. The minimum atomic E-state index is -0.289. The van der Waals surface area contributed by atoms with E-state index < -0.39 is 0 Å². The molecule has 2 heterocycles. The van der Waals surface area contributed by atoms with Gasteiger partial charge >= 0.3 is 6.03 Å². The fourth-order valence-electron chi connectivity index (χ4n) is 3.62. The zero-order valence-corrected chi connectivity index (χ0v) is 17.0. The van der Waals surface area contributed by atoms with Crippen LogP contribution in [0.4, 0.5) is 9.18 Å². The number of hydrogen-bond acceptors (Lipinski definition) is 5. The highest BCUT2D eigenvalue weighted by molar-refractivity contribution is 5.74. The lowest BCUT2D eigenvalue weighted by atomic mass is 10.2. The second kappa shape index (κ2) is 8.37. The Labute approximate surface area is 179 Å². The van der Waals surface area contributed by atoms with Gasteiger partial charge < -0.3 is 19.5 Å². The first-order chi connectivity index (χ1) is 15.1. The standard InChI is InChI=1S/C23H23FN4O3/c24-18-7-1-15(2-8-18)13-25-23(29)28-12-11-20(14-28)30-19-9-5-16(6-10-19)21-26-22(31-27-21)17-3-4-17/h1-2,5-10,17,20H,3-4,11-14H2,(H,25,29). The van der Waals surface area contributed by atoms with Crippen LogP contribution in [0.5, 0.6) is 5.75 Å². The Morgan fingerprint density at radius 2 is 1.90 bits per heavy atom. The number of benzene rings is 2. The third-order valence-corrected chi connectivity index (χ3v) is 5.57. The Hall–Kier alpha value is -3.42. The van der Waals surface area contributed by atoms with E-state index in [1.54, 1.807) is 17.0 Å². The molecule has 2 aliphatic rings. The number of hydrogen-bond donors (Lipinski definition) is 1. The van der Waals surface area contributed by atoms with Gasteiger partial charge in [-0.15, -0.1) is 0 Å². The molecular formula is C23H23FN4O3. The second-order valence-corrected chi connectivity index (χ2v) is 8.01. The van der Waals surface area contributed by atoms with E-state index in [4.69, 9.17) is 9.26 Å². The topological polar surface area (TPSA) is 80.5 Å². The van der Waals surface area contributed by atoms with Gasteiger partial charge in [0.05, 0.1) is 6.54 Å². The summed E-state index contributed by atoms with van der Waals surface area (Å²) in [5, 5.41) is 6.93. The molecule has 1 saturated heterocycles. The van der Waals surface area contributed by atoms with Crippen LogP contribution < -0.4 is 10.1 Å². The van der Waals surface area contributed by atoms with E-state index in [0.717, 1.165) is 42.0 Å². The Morgan fingerprint density at radius 1 is 1.13 bits per heavy atom. The van der Waals surface area contributed by atoms with E-state index in [9.17, 15) is 9.18 Å². The predicted molar refractivity (Wildman–Crippen MR) is 111 cm³/mol. The van der Waals surface area contributed by atoms with Gasteiger partial charge in [0.2, 0.25) is 11.7 Å². The minimum Gasteiger partial charge on any atom is -0.489 e. The van der Waals surface area contributed by atoms with Gasteiger partial charge in [-0.1, -0.05) is 17.3 Å². The van der Waals surface area contributed by atoms with Crippen molar-refractivity contribution in [1.82, 2.24) is 20.4 Å². The number of aromatic nitrogens is 2. The van der Waals surface area contributed by atoms with Gasteiger partial charge in [-0.2, -0.15) is 4.98 Å². The molecule has 0 bridgehead atoms. The molecular weight excluding hydrogens is 399 g/mol. The normalized spacial score (nSPS) is 18.2. The number of nitrogens with zero attached hydrogens (tertiary/aromatic N) is 3. The summed E-state index contributed by atoms with van der Waals surface area (Å²) in [5.74, 6) is 2.20. The first kappa shape index (κ1) is 19.5. The molecule has 2 amide bonds. The number of amides is 2. The molecule has 1 atom stereocenters. The van der Waals surface area contributed by atoms with Crippen molar-refractivity contribution in [2.45, 2.75) is 37.8 Å². The summed E-state index contributed by atoms with van der Waals surface area (Å²) in [7, 11) is 0. The number of urea groups is 1. The van der Waals surface area contributed by atoms with Crippen LogP contribution in [0.25, 0.3) is 11.4 Å². The zero-order valence-electron chi connectivity index (χ0n) is 17.0. The molecule has 1 saturated carbocycles. The highest BCUT2D eigenvalue weighted by atomic mass is 19.1. The summed E-state index contributed by atoms with van der Waals surface area (Å²) in [6, 6.07) is 13.6. The Bertz CT molecular complexity index is 1050. The molecule has 160 valence electrons. The Balaban J connectivity index is 1.11. The lowest BCUT2D eigenvalue weighted by Gasteiger charge is -2.18. The van der Waals surface area contributed by atoms with Crippen molar-refractivity contribution >= 4 is 6.03 Å². The highest BCUT2D eigenvalue weighted by Gasteiger charge is 2.30. The summed E-state index contributed by atoms with van der Waals surface area (Å²) in [6.45, 7) is 1.51. The van der Waals surface area contributed by atoms with E-state index >= 15 is 0 Å². The molecule has 2 fully saturated rings. The quantitative estimate of drug-likeness (QED) is 0.647. The molecule has 31 heavy (non-hydrogen) atoms. The van der Waals surface area contributed by atoms with Crippen molar-refractivity contribution in [3.63, 3.8) is 0 Å². The smallest absolute Gasteiger partial charge is 0.317 e. The number of rotatable bonds is 6. The molecule has 1 N–H and O–H groups in total. The third-order valence-electron chi connectivity index (χ3n) is 5.57. The summed E-state index contributed by atoms with van der Waals surface area (Å²) < 4.78 is 24.3. The fraction of sp³-hybridized carbons (Fsp3) is 0.348. The van der Waals surface area contributed by atoms with Crippen molar-refractivity contribution in [2.24, 2.45) is 0 Å². The molecule has 5 rings (SSSR count). The SMILES string of the molecule is O=C(NCc1ccc(F)cc1)N1CCC(Oc2ccc(-c3noc(C4CC4)n3)cc2)C1. The van der Waals surface area contributed by atoms with Gasteiger partial charge in [-0.3, -0.25) is 0 Å². The van der Waals surface area contributed by atoms with Crippen molar-refractivity contribution in [1.29, 1.82) is 0 Å². The van der Waals surface area contributed by atoms with Crippen LogP contribution in [0.15, 0.2) is 53.1 Å². The minimum absolute atomic E-state index is 0.0611. The molecule has 3 aromatic rings. The Kier molecular flexibility index (Phi) is 5.28. The van der Waals surface area contributed by atoms with Gasteiger partial charge in [0.1, 0.15) is 17.7 Å². The Morgan fingerprint density at radius 3 is 2.65 bits per heavy atom. The first-order valence-corrected chi connectivity index (χ1v) is 10.5. The van der Waals surface area contributed by atoms with Crippen molar-refractivity contribution in [2.75, 3.05) is 13.1 Å². The van der Waals surface area contributed by atoms with Crippen LogP contribution in [-0.2, 0) is 6.54 Å². The van der Waals surface area contributed by atoms with Gasteiger partial charge in [0.15, 0.2) is 0 Å². The lowest BCUT2D eigenvalue weighted by Crippen LogP contribution is -2.39. The van der Waals surface area contributed by atoms with E-state index in [0.29, 0.717) is 31.4 Å². The van der Waals surface area contributed by atoms with Crippen LogP contribution in [0.3, 0.4) is 0 Å².